The van der Waals surface area contributed by atoms with Gasteiger partial charge in [-0.15, -0.1) is 11.3 Å². The molecular formula is C13H13BrN2OS. The van der Waals surface area contributed by atoms with Crippen LogP contribution in [-0.4, -0.2) is 10.9 Å². The maximum Gasteiger partial charge on any atom is 0.225 e. The third kappa shape index (κ3) is 2.97. The van der Waals surface area contributed by atoms with Gasteiger partial charge in [-0.25, -0.2) is 4.98 Å². The molecule has 0 aliphatic rings. The van der Waals surface area contributed by atoms with E-state index in [2.05, 4.69) is 26.2 Å². The molecule has 0 fully saturated rings. The summed E-state index contributed by atoms with van der Waals surface area (Å²) >= 11 is 4.91. The number of nitrogens with one attached hydrogen (secondary N) is 1. The minimum Gasteiger partial charge on any atom is -0.302 e. The van der Waals surface area contributed by atoms with Crippen molar-refractivity contribution in [2.24, 2.45) is 0 Å². The SMILES string of the molecule is CCC(=O)Nc1nc(-c2ccc(Br)cc2)c(C)s1. The van der Waals surface area contributed by atoms with Gasteiger partial charge < -0.3 is 5.32 Å². The molecular weight excluding hydrogens is 312 g/mol. The van der Waals surface area contributed by atoms with Crippen molar-refractivity contribution in [3.63, 3.8) is 0 Å². The maximum absolute atomic E-state index is 11.3. The molecule has 0 unspecified atom stereocenters. The molecule has 1 aromatic carbocycles. The van der Waals surface area contributed by atoms with Crippen LogP contribution in [0.25, 0.3) is 11.3 Å². The first-order valence-electron chi connectivity index (χ1n) is 5.63. The molecule has 0 bridgehead atoms. The van der Waals surface area contributed by atoms with Crippen LogP contribution in [-0.2, 0) is 4.79 Å². The highest BCUT2D eigenvalue weighted by Gasteiger charge is 2.11. The van der Waals surface area contributed by atoms with Gasteiger partial charge >= 0.3 is 0 Å². The van der Waals surface area contributed by atoms with Gasteiger partial charge in [0.05, 0.1) is 5.69 Å². The highest BCUT2D eigenvalue weighted by Crippen LogP contribution is 2.31. The Hall–Kier alpha value is -1.20. The molecule has 18 heavy (non-hydrogen) atoms. The van der Waals surface area contributed by atoms with Crippen molar-refractivity contribution in [3.05, 3.63) is 33.6 Å². The van der Waals surface area contributed by atoms with E-state index in [1.807, 2.05) is 38.1 Å². The fourth-order valence-electron chi connectivity index (χ4n) is 1.53. The standard InChI is InChI=1S/C13H13BrN2OS/c1-3-11(17)15-13-16-12(8(2)18-13)9-4-6-10(14)7-5-9/h4-7H,3H2,1-2H3,(H,15,16,17). The van der Waals surface area contributed by atoms with Crippen molar-refractivity contribution in [1.82, 2.24) is 4.98 Å². The Kier molecular flexibility index (Phi) is 4.14. The average molecular weight is 325 g/mol. The van der Waals surface area contributed by atoms with Crippen molar-refractivity contribution in [1.29, 1.82) is 0 Å². The molecule has 0 saturated carbocycles. The zero-order valence-electron chi connectivity index (χ0n) is 10.2. The minimum absolute atomic E-state index is 0.00824. The fraction of sp³-hybridized carbons (Fsp3) is 0.231. The molecule has 0 aliphatic carbocycles. The molecule has 94 valence electrons. The summed E-state index contributed by atoms with van der Waals surface area (Å²) in [5.41, 5.74) is 1.99. The minimum atomic E-state index is -0.00824. The molecule has 5 heteroatoms. The number of thiazole rings is 1. The predicted octanol–water partition coefficient (Wildman–Crippen LogP) is 4.23. The van der Waals surface area contributed by atoms with Crippen molar-refractivity contribution >= 4 is 38.3 Å². The zero-order valence-corrected chi connectivity index (χ0v) is 12.6. The first-order chi connectivity index (χ1) is 8.60. The van der Waals surface area contributed by atoms with E-state index in [-0.39, 0.29) is 5.91 Å². The Labute approximate surface area is 118 Å². The molecule has 2 aromatic rings. The van der Waals surface area contributed by atoms with Crippen LogP contribution in [0, 0.1) is 6.92 Å². The monoisotopic (exact) mass is 324 g/mol. The van der Waals surface area contributed by atoms with E-state index in [1.165, 1.54) is 11.3 Å². The van der Waals surface area contributed by atoms with Gasteiger partial charge in [-0.3, -0.25) is 4.79 Å². The first-order valence-corrected chi connectivity index (χ1v) is 7.24. The van der Waals surface area contributed by atoms with Crippen LogP contribution >= 0.6 is 27.3 Å². The van der Waals surface area contributed by atoms with Gasteiger partial charge in [0.25, 0.3) is 0 Å². The van der Waals surface area contributed by atoms with E-state index < -0.39 is 0 Å². The molecule has 0 atom stereocenters. The number of benzene rings is 1. The van der Waals surface area contributed by atoms with Gasteiger partial charge in [0.15, 0.2) is 5.13 Å². The number of nitrogens with zero attached hydrogens (tertiary/aromatic N) is 1. The van der Waals surface area contributed by atoms with Crippen LogP contribution in [0.2, 0.25) is 0 Å². The zero-order chi connectivity index (χ0) is 13.1. The smallest absolute Gasteiger partial charge is 0.225 e. The van der Waals surface area contributed by atoms with Gasteiger partial charge in [0.1, 0.15) is 0 Å². The normalized spacial score (nSPS) is 10.4. The largest absolute Gasteiger partial charge is 0.302 e. The van der Waals surface area contributed by atoms with Crippen molar-refractivity contribution in [2.75, 3.05) is 5.32 Å². The van der Waals surface area contributed by atoms with Gasteiger partial charge in [-0.05, 0) is 19.1 Å². The maximum atomic E-state index is 11.3. The fourth-order valence-corrected chi connectivity index (χ4v) is 2.65. The summed E-state index contributed by atoms with van der Waals surface area (Å²) in [6, 6.07) is 7.99. The van der Waals surface area contributed by atoms with Gasteiger partial charge in [0.2, 0.25) is 5.91 Å². The van der Waals surface area contributed by atoms with Crippen LogP contribution in [0.4, 0.5) is 5.13 Å². The summed E-state index contributed by atoms with van der Waals surface area (Å²) < 4.78 is 1.04. The van der Waals surface area contributed by atoms with E-state index in [1.54, 1.807) is 0 Å². The number of rotatable bonds is 3. The summed E-state index contributed by atoms with van der Waals surface area (Å²) in [7, 11) is 0. The molecule has 3 nitrogen and oxygen atoms in total. The molecule has 2 rings (SSSR count). The summed E-state index contributed by atoms with van der Waals surface area (Å²) in [5.74, 6) is -0.00824. The third-order valence-corrected chi connectivity index (χ3v) is 3.90. The number of hydrogen-bond donors (Lipinski definition) is 1. The lowest BCUT2D eigenvalue weighted by atomic mass is 10.1. The number of aryl methyl sites for hydroxylation is 1. The second kappa shape index (κ2) is 5.63. The molecule has 1 heterocycles. The van der Waals surface area contributed by atoms with Crippen LogP contribution < -0.4 is 5.32 Å². The van der Waals surface area contributed by atoms with E-state index >= 15 is 0 Å². The Morgan fingerprint density at radius 1 is 1.39 bits per heavy atom. The summed E-state index contributed by atoms with van der Waals surface area (Å²) in [4.78, 5) is 16.9. The van der Waals surface area contributed by atoms with Crippen LogP contribution in [0.3, 0.4) is 0 Å². The van der Waals surface area contributed by atoms with E-state index in [9.17, 15) is 4.79 Å². The van der Waals surface area contributed by atoms with Crippen molar-refractivity contribution in [2.45, 2.75) is 20.3 Å². The summed E-state index contributed by atoms with van der Waals surface area (Å²) in [5, 5.41) is 3.46. The number of carbonyl (C=O) groups excluding carboxylic acids is 1. The third-order valence-electron chi connectivity index (χ3n) is 2.48. The number of amides is 1. The Morgan fingerprint density at radius 2 is 2.06 bits per heavy atom. The molecule has 0 spiro atoms. The number of anilines is 1. The number of halogens is 1. The Bertz CT molecular complexity index is 563. The second-order valence-corrected chi connectivity index (χ2v) is 5.95. The highest BCUT2D eigenvalue weighted by atomic mass is 79.9. The number of aromatic nitrogens is 1. The van der Waals surface area contributed by atoms with E-state index in [0.29, 0.717) is 11.6 Å². The molecule has 1 aromatic heterocycles. The van der Waals surface area contributed by atoms with Gasteiger partial charge in [-0.2, -0.15) is 0 Å². The van der Waals surface area contributed by atoms with Crippen LogP contribution in [0.1, 0.15) is 18.2 Å². The lowest BCUT2D eigenvalue weighted by Crippen LogP contribution is -2.08. The predicted molar refractivity (Wildman–Crippen MR) is 78.9 cm³/mol. The molecule has 1 N–H and O–H groups in total. The van der Waals surface area contributed by atoms with Crippen LogP contribution in [0.5, 0.6) is 0 Å². The van der Waals surface area contributed by atoms with Crippen molar-refractivity contribution < 1.29 is 4.79 Å². The van der Waals surface area contributed by atoms with E-state index in [4.69, 9.17) is 0 Å². The quantitative estimate of drug-likeness (QED) is 0.917. The van der Waals surface area contributed by atoms with Gasteiger partial charge in [0, 0.05) is 21.3 Å². The molecule has 0 saturated heterocycles. The van der Waals surface area contributed by atoms with E-state index in [0.717, 1.165) is 20.6 Å². The Morgan fingerprint density at radius 3 is 2.67 bits per heavy atom. The number of hydrogen-bond acceptors (Lipinski definition) is 3. The highest BCUT2D eigenvalue weighted by molar-refractivity contribution is 9.10. The van der Waals surface area contributed by atoms with Crippen LogP contribution in [0.15, 0.2) is 28.7 Å². The van der Waals surface area contributed by atoms with Gasteiger partial charge in [-0.1, -0.05) is 35.0 Å². The summed E-state index contributed by atoms with van der Waals surface area (Å²) in [6.45, 7) is 3.84. The van der Waals surface area contributed by atoms with Crippen molar-refractivity contribution in [3.8, 4) is 11.3 Å². The Balaban J connectivity index is 2.29. The lowest BCUT2D eigenvalue weighted by Gasteiger charge is -1.99. The lowest BCUT2D eigenvalue weighted by molar-refractivity contribution is -0.115. The summed E-state index contributed by atoms with van der Waals surface area (Å²) in [6.07, 6.45) is 0.465. The number of carbonyl (C=O) groups is 1. The molecule has 0 aliphatic heterocycles. The molecule has 1 amide bonds. The second-order valence-electron chi connectivity index (χ2n) is 3.83. The topological polar surface area (TPSA) is 42.0 Å². The molecule has 0 radical (unpaired) electrons. The average Bonchev–Trinajstić information content (AvgIpc) is 2.71. The first kappa shape index (κ1) is 13.2.